The number of carbonyl (C=O) groups is 1. The average Bonchev–Trinajstić information content (AvgIpc) is 2.58. The molecule has 0 radical (unpaired) electrons. The maximum Gasteiger partial charge on any atom is 0.270 e. The molecule has 2 nitrogen and oxygen atoms in total. The fourth-order valence-corrected chi connectivity index (χ4v) is 2.01. The van der Waals surface area contributed by atoms with Crippen LogP contribution in [0.4, 0.5) is 8.78 Å². The predicted octanol–water partition coefficient (Wildman–Crippen LogP) is 2.85. The van der Waals surface area contributed by atoms with Crippen LogP contribution < -0.4 is 0 Å². The first kappa shape index (κ1) is 13.3. The van der Waals surface area contributed by atoms with Crippen LogP contribution >= 0.6 is 0 Å². The van der Waals surface area contributed by atoms with Crippen molar-refractivity contribution in [2.45, 2.75) is 40.2 Å². The van der Waals surface area contributed by atoms with Crippen molar-refractivity contribution in [3.8, 4) is 0 Å². The van der Waals surface area contributed by atoms with Crippen molar-refractivity contribution in [1.29, 1.82) is 0 Å². The molecule has 0 spiro atoms. The quantitative estimate of drug-likeness (QED) is 0.728. The Morgan fingerprint density at radius 1 is 1.44 bits per heavy atom. The van der Waals surface area contributed by atoms with Gasteiger partial charge in [0.1, 0.15) is 0 Å². The molecule has 0 aromatic carbocycles. The van der Waals surface area contributed by atoms with Gasteiger partial charge in [-0.3, -0.25) is 9.69 Å². The summed E-state index contributed by atoms with van der Waals surface area (Å²) < 4.78 is 25.0. The summed E-state index contributed by atoms with van der Waals surface area (Å²) in [6, 6.07) is -0.374. The lowest BCUT2D eigenvalue weighted by Gasteiger charge is -2.27. The Balaban J connectivity index is 2.89. The minimum atomic E-state index is -1.62. The van der Waals surface area contributed by atoms with Crippen LogP contribution in [0.2, 0.25) is 0 Å². The summed E-state index contributed by atoms with van der Waals surface area (Å²) in [6.07, 6.45) is -1.44. The van der Waals surface area contributed by atoms with E-state index in [1.165, 1.54) is 0 Å². The fraction of sp³-hybridized carbons (Fsp3) is 0.750. The fourth-order valence-electron chi connectivity index (χ4n) is 2.01. The van der Waals surface area contributed by atoms with E-state index in [-0.39, 0.29) is 30.4 Å². The third-order valence-electron chi connectivity index (χ3n) is 2.99. The van der Waals surface area contributed by atoms with E-state index in [2.05, 4.69) is 0 Å². The summed E-state index contributed by atoms with van der Waals surface area (Å²) in [5, 5.41) is 0. The molecule has 0 aromatic heterocycles. The summed E-state index contributed by atoms with van der Waals surface area (Å²) >= 11 is 0. The number of hydrogen-bond donors (Lipinski definition) is 0. The number of ketones is 1. The Bertz CT molecular complexity index is 313. The van der Waals surface area contributed by atoms with E-state index in [4.69, 9.17) is 0 Å². The molecule has 1 aliphatic rings. The minimum absolute atomic E-state index is 0.0469. The van der Waals surface area contributed by atoms with E-state index in [9.17, 15) is 13.6 Å². The van der Waals surface area contributed by atoms with Gasteiger partial charge in [-0.25, -0.2) is 0 Å². The van der Waals surface area contributed by atoms with E-state index in [0.29, 0.717) is 6.54 Å². The molecular weight excluding hydrogens is 212 g/mol. The third kappa shape index (κ3) is 2.67. The second-order valence-electron chi connectivity index (χ2n) is 5.26. The van der Waals surface area contributed by atoms with E-state index in [1.54, 1.807) is 0 Å². The number of nitrogens with zero attached hydrogens (tertiary/aromatic N) is 1. The molecule has 1 atom stereocenters. The number of carbonyl (C=O) groups excluding carboxylic acids is 1. The zero-order valence-electron chi connectivity index (χ0n) is 10.3. The lowest BCUT2D eigenvalue weighted by Crippen LogP contribution is -2.41. The number of hydrogen-bond acceptors (Lipinski definition) is 2. The van der Waals surface area contributed by atoms with Gasteiger partial charge in [-0.15, -0.1) is 0 Å². The highest BCUT2D eigenvalue weighted by Crippen LogP contribution is 2.31. The summed E-state index contributed by atoms with van der Waals surface area (Å²) in [5.41, 5.74) is -0.357. The van der Waals surface area contributed by atoms with Crippen LogP contribution in [0.3, 0.4) is 0 Å². The molecule has 0 aromatic rings. The van der Waals surface area contributed by atoms with E-state index >= 15 is 0 Å². The van der Waals surface area contributed by atoms with Gasteiger partial charge in [0, 0.05) is 17.5 Å². The number of likely N-dealkylation sites (tertiary alicyclic amines) is 1. The van der Waals surface area contributed by atoms with Crippen LogP contribution in [0, 0.1) is 5.41 Å². The largest absolute Gasteiger partial charge is 0.297 e. The van der Waals surface area contributed by atoms with Crippen molar-refractivity contribution in [3.63, 3.8) is 0 Å². The summed E-state index contributed by atoms with van der Waals surface area (Å²) in [6.45, 7) is 8.24. The van der Waals surface area contributed by atoms with E-state index in [0.717, 1.165) is 0 Å². The molecule has 0 N–H and O–H groups in total. The maximum atomic E-state index is 12.5. The van der Waals surface area contributed by atoms with Crippen molar-refractivity contribution in [2.24, 2.45) is 5.41 Å². The molecule has 16 heavy (non-hydrogen) atoms. The van der Waals surface area contributed by atoms with Gasteiger partial charge in [-0.2, -0.15) is 8.78 Å². The molecule has 1 fully saturated rings. The lowest BCUT2D eigenvalue weighted by atomic mass is 9.85. The second kappa shape index (κ2) is 4.62. The molecule has 1 saturated heterocycles. The standard InChI is InChI=1S/C12H19F2NO/c1-5-15-7-8(11(13)14)6-9(15)10(16)12(2,3)4/h9H,5-7H2,1-4H3/t9-/m0/s1. The maximum absolute atomic E-state index is 12.5. The van der Waals surface area contributed by atoms with Gasteiger partial charge in [-0.05, 0) is 13.0 Å². The number of halogens is 2. The Morgan fingerprint density at radius 3 is 2.38 bits per heavy atom. The Morgan fingerprint density at radius 2 is 2.00 bits per heavy atom. The van der Waals surface area contributed by atoms with Crippen LogP contribution in [-0.2, 0) is 4.79 Å². The Hall–Kier alpha value is -0.770. The van der Waals surface area contributed by atoms with Gasteiger partial charge >= 0.3 is 0 Å². The Kier molecular flexibility index (Phi) is 3.84. The zero-order chi connectivity index (χ0) is 12.5. The molecule has 4 heteroatoms. The zero-order valence-corrected chi connectivity index (χ0v) is 10.3. The Labute approximate surface area is 95.3 Å². The van der Waals surface area contributed by atoms with Crippen molar-refractivity contribution in [1.82, 2.24) is 4.90 Å². The van der Waals surface area contributed by atoms with Gasteiger partial charge in [0.15, 0.2) is 5.78 Å². The van der Waals surface area contributed by atoms with Crippen LogP contribution in [-0.4, -0.2) is 29.8 Å². The van der Waals surface area contributed by atoms with E-state index < -0.39 is 11.5 Å². The van der Waals surface area contributed by atoms with Crippen LogP contribution in [0.1, 0.15) is 34.1 Å². The van der Waals surface area contributed by atoms with Crippen molar-refractivity contribution in [3.05, 3.63) is 11.7 Å². The molecule has 1 rings (SSSR count). The van der Waals surface area contributed by atoms with Crippen molar-refractivity contribution < 1.29 is 13.6 Å². The van der Waals surface area contributed by atoms with Crippen LogP contribution in [0.15, 0.2) is 11.7 Å². The van der Waals surface area contributed by atoms with Crippen LogP contribution in [0.5, 0.6) is 0 Å². The lowest BCUT2D eigenvalue weighted by molar-refractivity contribution is -0.130. The SMILES string of the molecule is CCN1CC(=C(F)F)C[C@H]1C(=O)C(C)(C)C. The molecule has 0 saturated carbocycles. The molecular formula is C12H19F2NO. The molecule has 92 valence electrons. The van der Waals surface area contributed by atoms with Gasteiger partial charge in [0.25, 0.3) is 6.08 Å². The minimum Gasteiger partial charge on any atom is -0.297 e. The first-order valence-electron chi connectivity index (χ1n) is 5.58. The van der Waals surface area contributed by atoms with Gasteiger partial charge in [0.05, 0.1) is 6.04 Å². The smallest absolute Gasteiger partial charge is 0.270 e. The molecule has 0 unspecified atom stereocenters. The van der Waals surface area contributed by atoms with Crippen molar-refractivity contribution in [2.75, 3.05) is 13.1 Å². The highest BCUT2D eigenvalue weighted by molar-refractivity contribution is 5.89. The summed E-state index contributed by atoms with van der Waals surface area (Å²) in [4.78, 5) is 13.9. The predicted molar refractivity (Wildman–Crippen MR) is 59.4 cm³/mol. The number of Topliss-reactive ketones (excluding diaryl/α,β-unsaturated/α-hetero) is 1. The summed E-state index contributed by atoms with van der Waals surface area (Å²) in [7, 11) is 0. The molecule has 0 bridgehead atoms. The van der Waals surface area contributed by atoms with Gasteiger partial charge < -0.3 is 0 Å². The molecule has 1 heterocycles. The molecule has 0 amide bonds. The monoisotopic (exact) mass is 231 g/mol. The molecule has 1 aliphatic heterocycles. The van der Waals surface area contributed by atoms with Gasteiger partial charge in [-0.1, -0.05) is 27.7 Å². The first-order chi connectivity index (χ1) is 7.27. The normalized spacial score (nSPS) is 22.6. The molecule has 0 aliphatic carbocycles. The average molecular weight is 231 g/mol. The van der Waals surface area contributed by atoms with E-state index in [1.807, 2.05) is 32.6 Å². The first-order valence-corrected chi connectivity index (χ1v) is 5.58. The second-order valence-corrected chi connectivity index (χ2v) is 5.26. The van der Waals surface area contributed by atoms with Crippen LogP contribution in [0.25, 0.3) is 0 Å². The number of likely N-dealkylation sites (N-methyl/N-ethyl adjacent to an activating group) is 1. The van der Waals surface area contributed by atoms with Gasteiger partial charge in [0.2, 0.25) is 0 Å². The third-order valence-corrected chi connectivity index (χ3v) is 2.99. The highest BCUT2D eigenvalue weighted by atomic mass is 19.3. The summed E-state index contributed by atoms with van der Waals surface area (Å²) in [5.74, 6) is 0.0469. The topological polar surface area (TPSA) is 20.3 Å². The highest BCUT2D eigenvalue weighted by Gasteiger charge is 2.38. The number of rotatable bonds is 2. The van der Waals surface area contributed by atoms with Crippen molar-refractivity contribution >= 4 is 5.78 Å².